The number of halogens is 1. The Morgan fingerprint density at radius 2 is 2.04 bits per heavy atom. The maximum Gasteiger partial charge on any atom is 0.248 e. The Balaban J connectivity index is 2.12. The molecule has 2 rings (SSSR count). The van der Waals surface area contributed by atoms with E-state index < -0.39 is 11.9 Å². The summed E-state index contributed by atoms with van der Waals surface area (Å²) in [4.78, 5) is 26.9. The van der Waals surface area contributed by atoms with E-state index in [-0.39, 0.29) is 22.9 Å². The topological polar surface area (TPSA) is 49.4 Å². The lowest BCUT2D eigenvalue weighted by molar-refractivity contribution is -0.138. The highest BCUT2D eigenvalue weighted by atomic mass is 32.2. The maximum atomic E-state index is 13.8. The molecule has 0 spiro atoms. The summed E-state index contributed by atoms with van der Waals surface area (Å²) in [6, 6.07) is 5.56. The third-order valence-electron chi connectivity index (χ3n) is 4.09. The standard InChI is InChI=1S/C18H25FN2O2S/c1-3-5-11-16(22)21-15(12-24-17(21)8-4-2)18(23)20-14-10-7-6-9-13(14)19/h6-7,9-10,15,17H,3-5,8,11-12H2,1-2H3,(H,20,23). The molecule has 0 aliphatic carbocycles. The lowest BCUT2D eigenvalue weighted by Crippen LogP contribution is -2.47. The second kappa shape index (κ2) is 9.06. The average Bonchev–Trinajstić information content (AvgIpc) is 2.99. The molecule has 1 aromatic carbocycles. The van der Waals surface area contributed by atoms with E-state index >= 15 is 0 Å². The van der Waals surface area contributed by atoms with Gasteiger partial charge in [0.05, 0.1) is 11.1 Å². The predicted octanol–water partition coefficient (Wildman–Crippen LogP) is 4.02. The summed E-state index contributed by atoms with van der Waals surface area (Å²) in [5.41, 5.74) is 0.160. The fourth-order valence-corrected chi connectivity index (χ4v) is 4.35. The van der Waals surface area contributed by atoms with Crippen LogP contribution in [0, 0.1) is 5.82 Å². The van der Waals surface area contributed by atoms with Crippen molar-refractivity contribution in [2.45, 2.75) is 57.4 Å². The van der Waals surface area contributed by atoms with Gasteiger partial charge in [0.15, 0.2) is 0 Å². The fraction of sp³-hybridized carbons (Fsp3) is 0.556. The predicted molar refractivity (Wildman–Crippen MR) is 96.3 cm³/mol. The van der Waals surface area contributed by atoms with Gasteiger partial charge in [-0.15, -0.1) is 11.8 Å². The smallest absolute Gasteiger partial charge is 0.248 e. The van der Waals surface area contributed by atoms with Gasteiger partial charge < -0.3 is 10.2 Å². The van der Waals surface area contributed by atoms with Crippen LogP contribution in [-0.4, -0.2) is 33.9 Å². The van der Waals surface area contributed by atoms with Gasteiger partial charge in [0.1, 0.15) is 11.9 Å². The molecule has 1 aliphatic heterocycles. The molecule has 0 bridgehead atoms. The molecule has 1 heterocycles. The molecule has 1 N–H and O–H groups in total. The van der Waals surface area contributed by atoms with Gasteiger partial charge in [0.2, 0.25) is 11.8 Å². The van der Waals surface area contributed by atoms with E-state index in [2.05, 4.69) is 12.2 Å². The van der Waals surface area contributed by atoms with E-state index in [0.29, 0.717) is 12.2 Å². The number of unbranched alkanes of at least 4 members (excludes halogenated alkanes) is 1. The van der Waals surface area contributed by atoms with Gasteiger partial charge in [-0.3, -0.25) is 9.59 Å². The number of hydrogen-bond acceptors (Lipinski definition) is 3. The van der Waals surface area contributed by atoms with Crippen molar-refractivity contribution < 1.29 is 14.0 Å². The Labute approximate surface area is 147 Å². The van der Waals surface area contributed by atoms with Gasteiger partial charge in [-0.25, -0.2) is 4.39 Å². The van der Waals surface area contributed by atoms with Crippen LogP contribution in [0.5, 0.6) is 0 Å². The maximum absolute atomic E-state index is 13.8. The number of amides is 2. The third-order valence-corrected chi connectivity index (χ3v) is 5.45. The highest BCUT2D eigenvalue weighted by molar-refractivity contribution is 8.00. The van der Waals surface area contributed by atoms with E-state index in [1.54, 1.807) is 28.8 Å². The Morgan fingerprint density at radius 1 is 1.29 bits per heavy atom. The Hall–Kier alpha value is -1.56. The first-order valence-electron chi connectivity index (χ1n) is 8.56. The van der Waals surface area contributed by atoms with Crippen molar-refractivity contribution in [1.82, 2.24) is 4.90 Å². The second-order valence-electron chi connectivity index (χ2n) is 5.97. The minimum atomic E-state index is -0.532. The van der Waals surface area contributed by atoms with Crippen molar-refractivity contribution in [3.8, 4) is 0 Å². The molecular formula is C18H25FN2O2S. The van der Waals surface area contributed by atoms with Crippen molar-refractivity contribution in [3.63, 3.8) is 0 Å². The van der Waals surface area contributed by atoms with Crippen molar-refractivity contribution >= 4 is 29.3 Å². The fourth-order valence-electron chi connectivity index (χ4n) is 2.81. The highest BCUT2D eigenvalue weighted by Gasteiger charge is 2.40. The lowest BCUT2D eigenvalue weighted by atomic mass is 10.1. The number of nitrogens with one attached hydrogen (secondary N) is 1. The van der Waals surface area contributed by atoms with Crippen LogP contribution in [0.2, 0.25) is 0 Å². The number of carbonyl (C=O) groups excluding carboxylic acids is 2. The lowest BCUT2D eigenvalue weighted by Gasteiger charge is -2.29. The molecule has 1 aliphatic rings. The van der Waals surface area contributed by atoms with Crippen LogP contribution >= 0.6 is 11.8 Å². The van der Waals surface area contributed by atoms with Crippen LogP contribution in [0.15, 0.2) is 24.3 Å². The van der Waals surface area contributed by atoms with Gasteiger partial charge in [-0.2, -0.15) is 0 Å². The Morgan fingerprint density at radius 3 is 2.71 bits per heavy atom. The summed E-state index contributed by atoms with van der Waals surface area (Å²) >= 11 is 1.64. The summed E-state index contributed by atoms with van der Waals surface area (Å²) in [6.07, 6.45) is 4.04. The molecule has 4 nitrogen and oxygen atoms in total. The van der Waals surface area contributed by atoms with Crippen LogP contribution < -0.4 is 5.32 Å². The van der Waals surface area contributed by atoms with Gasteiger partial charge >= 0.3 is 0 Å². The first-order chi connectivity index (χ1) is 11.6. The third kappa shape index (κ3) is 4.50. The monoisotopic (exact) mass is 352 g/mol. The number of nitrogens with zero attached hydrogens (tertiary/aromatic N) is 1. The zero-order valence-electron chi connectivity index (χ0n) is 14.3. The summed E-state index contributed by atoms with van der Waals surface area (Å²) in [7, 11) is 0. The van der Waals surface area contributed by atoms with Crippen molar-refractivity contribution in [3.05, 3.63) is 30.1 Å². The Kier molecular flexibility index (Phi) is 7.09. The molecule has 2 unspecified atom stereocenters. The molecule has 1 aromatic rings. The van der Waals surface area contributed by atoms with Gasteiger partial charge in [0.25, 0.3) is 0 Å². The number of hydrogen-bond donors (Lipinski definition) is 1. The molecule has 0 radical (unpaired) electrons. The van der Waals surface area contributed by atoms with Crippen LogP contribution in [-0.2, 0) is 9.59 Å². The number of anilines is 1. The average molecular weight is 352 g/mol. The minimum Gasteiger partial charge on any atom is -0.322 e. The molecular weight excluding hydrogens is 327 g/mol. The van der Waals surface area contributed by atoms with Crippen LogP contribution in [0.1, 0.15) is 46.0 Å². The Bertz CT molecular complexity index is 582. The number of benzene rings is 1. The summed E-state index contributed by atoms with van der Waals surface area (Å²) < 4.78 is 13.8. The van der Waals surface area contributed by atoms with Crippen LogP contribution in [0.3, 0.4) is 0 Å². The molecule has 24 heavy (non-hydrogen) atoms. The first kappa shape index (κ1) is 18.8. The van der Waals surface area contributed by atoms with Crippen molar-refractivity contribution in [2.75, 3.05) is 11.1 Å². The normalized spacial score (nSPS) is 20.2. The van der Waals surface area contributed by atoms with Crippen LogP contribution in [0.25, 0.3) is 0 Å². The van der Waals surface area contributed by atoms with Gasteiger partial charge in [0, 0.05) is 12.2 Å². The summed E-state index contributed by atoms with van der Waals surface area (Å²) in [6.45, 7) is 4.11. The zero-order chi connectivity index (χ0) is 17.5. The highest BCUT2D eigenvalue weighted by Crippen LogP contribution is 2.33. The van der Waals surface area contributed by atoms with Crippen molar-refractivity contribution in [2.24, 2.45) is 0 Å². The van der Waals surface area contributed by atoms with E-state index in [9.17, 15) is 14.0 Å². The summed E-state index contributed by atoms with van der Waals surface area (Å²) in [5.74, 6) is -0.196. The minimum absolute atomic E-state index is 0.0222. The molecule has 0 aromatic heterocycles. The number of carbonyl (C=O) groups is 2. The van der Waals surface area contributed by atoms with Crippen molar-refractivity contribution in [1.29, 1.82) is 0 Å². The molecule has 6 heteroatoms. The molecule has 0 saturated carbocycles. The number of rotatable bonds is 7. The van der Waals surface area contributed by atoms with Gasteiger partial charge in [-0.05, 0) is 25.0 Å². The molecule has 2 amide bonds. The largest absolute Gasteiger partial charge is 0.322 e. The van der Waals surface area contributed by atoms with Gasteiger partial charge in [-0.1, -0.05) is 38.8 Å². The van der Waals surface area contributed by atoms with E-state index in [4.69, 9.17) is 0 Å². The quantitative estimate of drug-likeness (QED) is 0.806. The first-order valence-corrected chi connectivity index (χ1v) is 9.61. The van der Waals surface area contributed by atoms with E-state index in [1.807, 2.05) is 6.92 Å². The van der Waals surface area contributed by atoms with E-state index in [1.165, 1.54) is 12.1 Å². The summed E-state index contributed by atoms with van der Waals surface area (Å²) in [5, 5.41) is 2.67. The molecule has 1 saturated heterocycles. The van der Waals surface area contributed by atoms with Crippen LogP contribution in [0.4, 0.5) is 10.1 Å². The zero-order valence-corrected chi connectivity index (χ0v) is 15.1. The second-order valence-corrected chi connectivity index (χ2v) is 7.18. The SMILES string of the molecule is CCCCC(=O)N1C(CCC)SCC1C(=O)Nc1ccccc1F. The molecule has 2 atom stereocenters. The molecule has 132 valence electrons. The number of thioether (sulfide) groups is 1. The number of para-hydroxylation sites is 1. The van der Waals surface area contributed by atoms with E-state index in [0.717, 1.165) is 25.7 Å². The molecule has 1 fully saturated rings.